The number of amides is 1. The molecule has 1 amide bonds. The molecule has 1 aliphatic carbocycles. The van der Waals surface area contributed by atoms with Crippen LogP contribution in [0.4, 0.5) is 0 Å². The van der Waals surface area contributed by atoms with Gasteiger partial charge in [-0.05, 0) is 43.4 Å². The van der Waals surface area contributed by atoms with Crippen molar-refractivity contribution in [3.05, 3.63) is 33.8 Å². The van der Waals surface area contributed by atoms with Crippen LogP contribution in [-0.4, -0.2) is 49.7 Å². The van der Waals surface area contributed by atoms with Gasteiger partial charge in [-0.2, -0.15) is 0 Å². The quantitative estimate of drug-likeness (QED) is 0.707. The zero-order chi connectivity index (χ0) is 19.6. The second-order valence-electron chi connectivity index (χ2n) is 7.55. The van der Waals surface area contributed by atoms with Crippen molar-refractivity contribution < 1.29 is 13.2 Å². The summed E-state index contributed by atoms with van der Waals surface area (Å²) in [6.45, 7) is 0.755. The van der Waals surface area contributed by atoms with Crippen molar-refractivity contribution >= 4 is 39.1 Å². The maximum Gasteiger partial charge on any atom is 0.225 e. The molecule has 0 atom stereocenters. The van der Waals surface area contributed by atoms with E-state index in [1.807, 2.05) is 11.9 Å². The summed E-state index contributed by atoms with van der Waals surface area (Å²) in [5, 5.41) is 0.834. The fraction of sp³-hybridized carbons (Fsp3) is 0.632. The Morgan fingerprint density at radius 1 is 1.15 bits per heavy atom. The number of halogens is 2. The van der Waals surface area contributed by atoms with Crippen molar-refractivity contribution in [2.24, 2.45) is 5.92 Å². The standard InChI is InChI=1S/C19H26Cl2N2O3S/c1-22(17-4-2-3-5-17)19(24)14-8-10-23(11-9-14)27(25,26)13-15-6-7-16(20)12-18(15)21/h6-7,12,14,17H,2-5,8-11,13H2,1H3. The van der Waals surface area contributed by atoms with E-state index in [0.29, 0.717) is 47.6 Å². The Bertz CT molecular complexity index is 786. The molecule has 0 spiro atoms. The van der Waals surface area contributed by atoms with Crippen molar-refractivity contribution in [3.63, 3.8) is 0 Å². The largest absolute Gasteiger partial charge is 0.343 e. The van der Waals surface area contributed by atoms with Crippen LogP contribution >= 0.6 is 23.2 Å². The highest BCUT2D eigenvalue weighted by atomic mass is 35.5. The molecule has 8 heteroatoms. The average Bonchev–Trinajstić information content (AvgIpc) is 3.17. The monoisotopic (exact) mass is 432 g/mol. The van der Waals surface area contributed by atoms with Gasteiger partial charge < -0.3 is 4.90 Å². The molecule has 150 valence electrons. The van der Waals surface area contributed by atoms with Crippen molar-refractivity contribution in [3.8, 4) is 0 Å². The first-order valence-corrected chi connectivity index (χ1v) is 11.8. The molecule has 1 heterocycles. The summed E-state index contributed by atoms with van der Waals surface area (Å²) in [7, 11) is -1.58. The Morgan fingerprint density at radius 3 is 2.37 bits per heavy atom. The van der Waals surface area contributed by atoms with Crippen molar-refractivity contribution in [2.45, 2.75) is 50.3 Å². The minimum absolute atomic E-state index is 0.0823. The Balaban J connectivity index is 1.58. The van der Waals surface area contributed by atoms with Gasteiger partial charge in [0.15, 0.2) is 0 Å². The maximum atomic E-state index is 12.8. The third kappa shape index (κ3) is 4.97. The number of nitrogens with zero attached hydrogens (tertiary/aromatic N) is 2. The Morgan fingerprint density at radius 2 is 1.78 bits per heavy atom. The van der Waals surface area contributed by atoms with E-state index >= 15 is 0 Å². The van der Waals surface area contributed by atoms with E-state index in [1.165, 1.54) is 17.1 Å². The second-order valence-corrected chi connectivity index (χ2v) is 10.4. The molecule has 27 heavy (non-hydrogen) atoms. The summed E-state index contributed by atoms with van der Waals surface area (Å²) in [5.41, 5.74) is 0.542. The third-order valence-corrected chi connectivity index (χ3v) is 8.18. The van der Waals surface area contributed by atoms with E-state index in [-0.39, 0.29) is 17.6 Å². The lowest BCUT2D eigenvalue weighted by molar-refractivity contribution is -0.137. The molecule has 3 rings (SSSR count). The van der Waals surface area contributed by atoms with Gasteiger partial charge in [-0.15, -0.1) is 0 Å². The first-order chi connectivity index (χ1) is 12.8. The third-order valence-electron chi connectivity index (χ3n) is 5.77. The van der Waals surface area contributed by atoms with Gasteiger partial charge >= 0.3 is 0 Å². The molecule has 2 fully saturated rings. The highest BCUT2D eigenvalue weighted by molar-refractivity contribution is 7.88. The number of hydrogen-bond acceptors (Lipinski definition) is 3. The molecule has 0 radical (unpaired) electrons. The van der Waals surface area contributed by atoms with E-state index in [0.717, 1.165) is 12.8 Å². The first kappa shape index (κ1) is 20.9. The number of piperidine rings is 1. The number of carbonyl (C=O) groups excluding carboxylic acids is 1. The Labute approximate surface area is 171 Å². The minimum atomic E-state index is -3.48. The molecule has 2 aliphatic rings. The normalized spacial score (nSPS) is 20.1. The highest BCUT2D eigenvalue weighted by Crippen LogP contribution is 2.29. The molecular formula is C19H26Cl2N2O3S. The van der Waals surface area contributed by atoms with Crippen LogP contribution in [0, 0.1) is 5.92 Å². The van der Waals surface area contributed by atoms with Gasteiger partial charge in [-0.1, -0.05) is 42.1 Å². The van der Waals surface area contributed by atoms with E-state index < -0.39 is 10.0 Å². The van der Waals surface area contributed by atoms with Crippen LogP contribution in [0.1, 0.15) is 44.1 Å². The van der Waals surface area contributed by atoms with Crippen molar-refractivity contribution in [1.82, 2.24) is 9.21 Å². The van der Waals surface area contributed by atoms with Crippen LogP contribution in [0.5, 0.6) is 0 Å². The number of hydrogen-bond donors (Lipinski definition) is 0. The van der Waals surface area contributed by atoms with Crippen LogP contribution in [0.3, 0.4) is 0 Å². The summed E-state index contributed by atoms with van der Waals surface area (Å²) in [5.74, 6) is -0.0651. The number of sulfonamides is 1. The van der Waals surface area contributed by atoms with Crippen LogP contribution in [-0.2, 0) is 20.6 Å². The Hall–Kier alpha value is -0.820. The van der Waals surface area contributed by atoms with Gasteiger partial charge in [0, 0.05) is 42.1 Å². The number of benzene rings is 1. The summed E-state index contributed by atoms with van der Waals surface area (Å²) >= 11 is 12.0. The Kier molecular flexibility index (Phi) is 6.72. The molecular weight excluding hydrogens is 407 g/mol. The SMILES string of the molecule is CN(C(=O)C1CCN(S(=O)(=O)Cc2ccc(Cl)cc2Cl)CC1)C1CCCC1. The lowest BCUT2D eigenvalue weighted by Gasteiger charge is -2.34. The topological polar surface area (TPSA) is 57.7 Å². The smallest absolute Gasteiger partial charge is 0.225 e. The lowest BCUT2D eigenvalue weighted by Crippen LogP contribution is -2.45. The van der Waals surface area contributed by atoms with E-state index in [2.05, 4.69) is 0 Å². The highest BCUT2D eigenvalue weighted by Gasteiger charge is 2.34. The first-order valence-electron chi connectivity index (χ1n) is 9.46. The molecule has 1 aliphatic heterocycles. The van der Waals surface area contributed by atoms with Crippen molar-refractivity contribution in [1.29, 1.82) is 0 Å². The molecule has 0 unspecified atom stereocenters. The predicted octanol–water partition coefficient (Wildman–Crippen LogP) is 3.94. The van der Waals surface area contributed by atoms with Crippen molar-refractivity contribution in [2.75, 3.05) is 20.1 Å². The predicted molar refractivity (Wildman–Crippen MR) is 108 cm³/mol. The molecule has 1 saturated carbocycles. The molecule has 1 aromatic carbocycles. The maximum absolute atomic E-state index is 12.8. The zero-order valence-corrected chi connectivity index (χ0v) is 17.9. The van der Waals surface area contributed by atoms with Gasteiger partial charge in [0.2, 0.25) is 15.9 Å². The average molecular weight is 433 g/mol. The molecule has 0 N–H and O–H groups in total. The second kappa shape index (κ2) is 8.68. The van der Waals surface area contributed by atoms with Gasteiger partial charge in [0.1, 0.15) is 0 Å². The fourth-order valence-electron chi connectivity index (χ4n) is 4.07. The molecule has 0 aromatic heterocycles. The van der Waals surface area contributed by atoms with Gasteiger partial charge in [-0.25, -0.2) is 12.7 Å². The minimum Gasteiger partial charge on any atom is -0.343 e. The molecule has 1 saturated heterocycles. The van der Waals surface area contributed by atoms with Gasteiger partial charge in [-0.3, -0.25) is 4.79 Å². The molecule has 5 nitrogen and oxygen atoms in total. The summed E-state index contributed by atoms with van der Waals surface area (Å²) in [4.78, 5) is 14.6. The number of carbonyl (C=O) groups is 1. The zero-order valence-electron chi connectivity index (χ0n) is 15.5. The lowest BCUT2D eigenvalue weighted by atomic mass is 9.96. The van der Waals surface area contributed by atoms with E-state index in [1.54, 1.807) is 18.2 Å². The van der Waals surface area contributed by atoms with Crippen LogP contribution < -0.4 is 0 Å². The summed E-state index contributed by atoms with van der Waals surface area (Å²) in [6, 6.07) is 5.20. The number of rotatable bonds is 5. The van der Waals surface area contributed by atoms with Crippen LogP contribution in [0.25, 0.3) is 0 Å². The van der Waals surface area contributed by atoms with E-state index in [4.69, 9.17) is 23.2 Å². The summed E-state index contributed by atoms with van der Waals surface area (Å²) in [6.07, 6.45) is 5.68. The van der Waals surface area contributed by atoms with E-state index in [9.17, 15) is 13.2 Å². The van der Waals surface area contributed by atoms with Gasteiger partial charge in [0.05, 0.1) is 5.75 Å². The van der Waals surface area contributed by atoms with Gasteiger partial charge in [0.25, 0.3) is 0 Å². The van der Waals surface area contributed by atoms with Crippen LogP contribution in [0.2, 0.25) is 10.0 Å². The molecule has 1 aromatic rings. The molecule has 0 bridgehead atoms. The fourth-order valence-corrected chi connectivity index (χ4v) is 6.22. The summed E-state index contributed by atoms with van der Waals surface area (Å²) < 4.78 is 27.0. The van der Waals surface area contributed by atoms with Crippen LogP contribution in [0.15, 0.2) is 18.2 Å².